The van der Waals surface area contributed by atoms with Gasteiger partial charge in [-0.25, -0.2) is 9.78 Å². The summed E-state index contributed by atoms with van der Waals surface area (Å²) >= 11 is 1.36. The first-order valence-electron chi connectivity index (χ1n) is 5.45. The molecule has 94 valence electrons. The third-order valence-electron chi connectivity index (χ3n) is 2.58. The molecule has 1 aromatic rings. The van der Waals surface area contributed by atoms with Crippen LogP contribution in [-0.2, 0) is 9.47 Å². The first-order chi connectivity index (χ1) is 8.02. The molecule has 0 N–H and O–H groups in total. The van der Waals surface area contributed by atoms with Crippen molar-refractivity contribution in [1.29, 1.82) is 0 Å². The van der Waals surface area contributed by atoms with Crippen LogP contribution in [0.3, 0.4) is 0 Å². The molecular formula is C11H16N2O3S. The molecule has 1 fully saturated rings. The number of ether oxygens (including phenoxy) is 2. The first kappa shape index (κ1) is 12.3. The van der Waals surface area contributed by atoms with Gasteiger partial charge in [0, 0.05) is 13.1 Å². The number of thiazole rings is 1. The summed E-state index contributed by atoms with van der Waals surface area (Å²) in [5.74, 6) is -0.332. The van der Waals surface area contributed by atoms with Crippen LogP contribution in [-0.4, -0.2) is 43.4 Å². The molecule has 2 heterocycles. The molecule has 0 aliphatic carbocycles. The fourth-order valence-electron chi connectivity index (χ4n) is 1.79. The Bertz CT molecular complexity index is 417. The summed E-state index contributed by atoms with van der Waals surface area (Å²) in [6.07, 6.45) is 1.56. The molecular weight excluding hydrogens is 240 g/mol. The molecule has 0 amide bonds. The molecule has 0 aromatic carbocycles. The van der Waals surface area contributed by atoms with Gasteiger partial charge in [-0.3, -0.25) is 0 Å². The van der Waals surface area contributed by atoms with E-state index in [-0.39, 0.29) is 11.6 Å². The minimum Gasteiger partial charge on any atom is -0.465 e. The number of anilines is 1. The van der Waals surface area contributed by atoms with Crippen LogP contribution < -0.4 is 4.90 Å². The van der Waals surface area contributed by atoms with E-state index in [9.17, 15) is 4.79 Å². The Balaban J connectivity index is 2.12. The van der Waals surface area contributed by atoms with E-state index >= 15 is 0 Å². The maximum atomic E-state index is 11.3. The number of carbonyl (C=O) groups excluding carboxylic acids is 1. The van der Waals surface area contributed by atoms with Crippen LogP contribution in [0.2, 0.25) is 0 Å². The number of hydrogen-bond acceptors (Lipinski definition) is 6. The van der Waals surface area contributed by atoms with E-state index in [4.69, 9.17) is 4.74 Å². The highest BCUT2D eigenvalue weighted by Gasteiger charge is 2.29. The molecule has 2 rings (SSSR count). The standard InChI is InChI=1S/C11H16N2O3S/c1-11(2)7-13(4-5-16-11)10-12-6-8(17-10)9(14)15-3/h6H,4-5,7H2,1-3H3. The summed E-state index contributed by atoms with van der Waals surface area (Å²) in [6, 6.07) is 0. The average molecular weight is 256 g/mol. The van der Waals surface area contributed by atoms with E-state index in [2.05, 4.69) is 14.6 Å². The smallest absolute Gasteiger partial charge is 0.349 e. The fourth-order valence-corrected chi connectivity index (χ4v) is 2.64. The van der Waals surface area contributed by atoms with Gasteiger partial charge >= 0.3 is 5.97 Å². The summed E-state index contributed by atoms with van der Waals surface area (Å²) in [5.41, 5.74) is -0.171. The first-order valence-corrected chi connectivity index (χ1v) is 6.26. The maximum absolute atomic E-state index is 11.3. The van der Waals surface area contributed by atoms with E-state index in [1.165, 1.54) is 18.4 Å². The predicted molar refractivity (Wildman–Crippen MR) is 65.7 cm³/mol. The average Bonchev–Trinajstić information content (AvgIpc) is 2.76. The van der Waals surface area contributed by atoms with Crippen molar-refractivity contribution < 1.29 is 14.3 Å². The molecule has 0 atom stereocenters. The predicted octanol–water partition coefficient (Wildman–Crippen LogP) is 1.54. The highest BCUT2D eigenvalue weighted by Crippen LogP contribution is 2.27. The quantitative estimate of drug-likeness (QED) is 0.751. The Hall–Kier alpha value is -1.14. The van der Waals surface area contributed by atoms with Crippen LogP contribution in [0.5, 0.6) is 0 Å². The van der Waals surface area contributed by atoms with Gasteiger partial charge in [0.2, 0.25) is 0 Å². The van der Waals surface area contributed by atoms with Crippen LogP contribution in [0.15, 0.2) is 6.20 Å². The van der Waals surface area contributed by atoms with E-state index in [0.717, 1.165) is 18.2 Å². The van der Waals surface area contributed by atoms with Gasteiger partial charge < -0.3 is 14.4 Å². The zero-order valence-electron chi connectivity index (χ0n) is 10.2. The zero-order chi connectivity index (χ0) is 12.5. The Morgan fingerprint density at radius 3 is 3.06 bits per heavy atom. The molecule has 1 aliphatic rings. The highest BCUT2D eigenvalue weighted by molar-refractivity contribution is 7.17. The van der Waals surface area contributed by atoms with Crippen LogP contribution in [0.4, 0.5) is 5.13 Å². The molecule has 0 bridgehead atoms. The molecule has 0 radical (unpaired) electrons. The van der Waals surface area contributed by atoms with Crippen molar-refractivity contribution >= 4 is 22.4 Å². The molecule has 6 heteroatoms. The van der Waals surface area contributed by atoms with Crippen LogP contribution in [0.25, 0.3) is 0 Å². The molecule has 5 nitrogen and oxygen atoms in total. The van der Waals surface area contributed by atoms with Crippen molar-refractivity contribution in [2.24, 2.45) is 0 Å². The second kappa shape index (κ2) is 4.62. The summed E-state index contributed by atoms with van der Waals surface area (Å²) in [5, 5.41) is 0.849. The third kappa shape index (κ3) is 2.76. The fraction of sp³-hybridized carbons (Fsp3) is 0.636. The van der Waals surface area contributed by atoms with Crippen molar-refractivity contribution in [2.75, 3.05) is 31.7 Å². The number of morpholine rings is 1. The Morgan fingerprint density at radius 2 is 2.41 bits per heavy atom. The van der Waals surface area contributed by atoms with Gasteiger partial charge in [-0.15, -0.1) is 0 Å². The Labute approximate surface area is 104 Å². The van der Waals surface area contributed by atoms with E-state index in [1.807, 2.05) is 13.8 Å². The summed E-state index contributed by atoms with van der Waals surface area (Å²) < 4.78 is 10.3. The van der Waals surface area contributed by atoms with E-state index in [0.29, 0.717) is 11.5 Å². The van der Waals surface area contributed by atoms with Gasteiger partial charge in [0.1, 0.15) is 4.88 Å². The third-order valence-corrected chi connectivity index (χ3v) is 3.61. The van der Waals surface area contributed by atoms with E-state index in [1.54, 1.807) is 6.20 Å². The minimum absolute atomic E-state index is 0.171. The van der Waals surface area contributed by atoms with Crippen LogP contribution in [0.1, 0.15) is 23.5 Å². The molecule has 1 aromatic heterocycles. The zero-order valence-corrected chi connectivity index (χ0v) is 11.0. The topological polar surface area (TPSA) is 51.7 Å². The van der Waals surface area contributed by atoms with Gasteiger partial charge in [-0.2, -0.15) is 0 Å². The number of esters is 1. The SMILES string of the molecule is COC(=O)c1cnc(N2CCOC(C)(C)C2)s1. The van der Waals surface area contributed by atoms with Crippen molar-refractivity contribution in [3.05, 3.63) is 11.1 Å². The lowest BCUT2D eigenvalue weighted by atomic mass is 10.1. The van der Waals surface area contributed by atoms with E-state index < -0.39 is 0 Å². The van der Waals surface area contributed by atoms with Crippen LogP contribution in [0, 0.1) is 0 Å². The van der Waals surface area contributed by atoms with Crippen molar-refractivity contribution in [1.82, 2.24) is 4.98 Å². The van der Waals surface area contributed by atoms with Crippen molar-refractivity contribution in [3.8, 4) is 0 Å². The summed E-state index contributed by atoms with van der Waals surface area (Å²) in [7, 11) is 1.37. The van der Waals surface area contributed by atoms with Gasteiger partial charge in [0.25, 0.3) is 0 Å². The Morgan fingerprint density at radius 1 is 1.65 bits per heavy atom. The second-order valence-electron chi connectivity index (χ2n) is 4.53. The number of carbonyl (C=O) groups is 1. The van der Waals surface area contributed by atoms with Gasteiger partial charge in [-0.1, -0.05) is 11.3 Å². The number of hydrogen-bond donors (Lipinski definition) is 0. The number of methoxy groups -OCH3 is 1. The normalized spacial score (nSPS) is 19.1. The number of nitrogens with zero attached hydrogens (tertiary/aromatic N) is 2. The molecule has 0 spiro atoms. The number of aromatic nitrogens is 1. The lowest BCUT2D eigenvalue weighted by molar-refractivity contribution is -0.0277. The minimum atomic E-state index is -0.332. The Kier molecular flexibility index (Phi) is 3.35. The summed E-state index contributed by atoms with van der Waals surface area (Å²) in [4.78, 5) is 18.3. The number of rotatable bonds is 2. The second-order valence-corrected chi connectivity index (χ2v) is 5.54. The lowest BCUT2D eigenvalue weighted by Gasteiger charge is -2.37. The molecule has 1 saturated heterocycles. The van der Waals surface area contributed by atoms with Crippen molar-refractivity contribution in [2.45, 2.75) is 19.4 Å². The monoisotopic (exact) mass is 256 g/mol. The molecule has 1 aliphatic heterocycles. The van der Waals surface area contributed by atoms with Crippen molar-refractivity contribution in [3.63, 3.8) is 0 Å². The molecule has 17 heavy (non-hydrogen) atoms. The lowest BCUT2D eigenvalue weighted by Crippen LogP contribution is -2.48. The van der Waals surface area contributed by atoms with Crippen LogP contribution >= 0.6 is 11.3 Å². The van der Waals surface area contributed by atoms with Gasteiger partial charge in [0.15, 0.2) is 5.13 Å². The van der Waals surface area contributed by atoms with Gasteiger partial charge in [0.05, 0.1) is 25.5 Å². The maximum Gasteiger partial charge on any atom is 0.349 e. The summed E-state index contributed by atoms with van der Waals surface area (Å²) in [6.45, 7) is 6.36. The largest absolute Gasteiger partial charge is 0.465 e. The molecule has 0 unspecified atom stereocenters. The molecule has 0 saturated carbocycles. The highest BCUT2D eigenvalue weighted by atomic mass is 32.1. The van der Waals surface area contributed by atoms with Gasteiger partial charge in [-0.05, 0) is 13.8 Å².